The summed E-state index contributed by atoms with van der Waals surface area (Å²) in [5, 5.41) is 48.9. The summed E-state index contributed by atoms with van der Waals surface area (Å²) in [7, 11) is 0. The molecule has 1 heterocycles. The normalized spacial score (nSPS) is 12.2. The van der Waals surface area contributed by atoms with Crippen molar-refractivity contribution in [1.29, 1.82) is 0 Å². The van der Waals surface area contributed by atoms with E-state index in [0.717, 1.165) is 54.5 Å². The van der Waals surface area contributed by atoms with Gasteiger partial charge in [0.1, 0.15) is 30.0 Å². The molecule has 3 aromatic carbocycles. The first-order valence-electron chi connectivity index (χ1n) is 17.3. The SMILES string of the molecule is CCCCOCC(O)COc1ccc(-c2nc(-c3ccccc3O)nc(-c3c(C)cc(C)cc3C)n2)c(O)c1.CCCCOCCC(O)CO. The molecular weight excluding hydrogens is 638 g/mol. The maximum absolute atomic E-state index is 10.9. The van der Waals surface area contributed by atoms with E-state index in [1.54, 1.807) is 36.4 Å². The molecule has 50 heavy (non-hydrogen) atoms. The number of nitrogens with zero attached hydrogens (tertiary/aromatic N) is 3. The molecular formula is C39H53N3O8. The van der Waals surface area contributed by atoms with Crippen molar-refractivity contribution in [3.63, 3.8) is 0 Å². The highest BCUT2D eigenvalue weighted by atomic mass is 16.5. The third kappa shape index (κ3) is 12.6. The zero-order chi connectivity index (χ0) is 36.5. The van der Waals surface area contributed by atoms with Crippen molar-refractivity contribution in [1.82, 2.24) is 15.0 Å². The summed E-state index contributed by atoms with van der Waals surface area (Å²) >= 11 is 0. The van der Waals surface area contributed by atoms with Gasteiger partial charge in [-0.3, -0.25) is 0 Å². The van der Waals surface area contributed by atoms with Crippen molar-refractivity contribution in [3.05, 3.63) is 71.3 Å². The molecule has 0 amide bonds. The van der Waals surface area contributed by atoms with Crippen LogP contribution in [0.1, 0.15) is 62.6 Å². The fourth-order valence-electron chi connectivity index (χ4n) is 5.08. The van der Waals surface area contributed by atoms with Crippen molar-refractivity contribution in [2.75, 3.05) is 39.6 Å². The van der Waals surface area contributed by atoms with E-state index in [4.69, 9.17) is 34.4 Å². The van der Waals surface area contributed by atoms with Crippen LogP contribution in [-0.4, -0.2) is 92.3 Å². The number of phenols is 2. The predicted molar refractivity (Wildman–Crippen MR) is 194 cm³/mol. The van der Waals surface area contributed by atoms with Crippen LogP contribution in [0.4, 0.5) is 0 Å². The van der Waals surface area contributed by atoms with Gasteiger partial charge >= 0.3 is 0 Å². The largest absolute Gasteiger partial charge is 0.507 e. The number of aliphatic hydroxyl groups is 3. The summed E-state index contributed by atoms with van der Waals surface area (Å²) < 4.78 is 16.3. The molecule has 0 aliphatic carbocycles. The lowest BCUT2D eigenvalue weighted by atomic mass is 9.99. The van der Waals surface area contributed by atoms with Gasteiger partial charge in [0.15, 0.2) is 17.5 Å². The van der Waals surface area contributed by atoms with E-state index in [2.05, 4.69) is 31.0 Å². The van der Waals surface area contributed by atoms with Gasteiger partial charge in [-0.1, -0.05) is 56.5 Å². The second-order valence-electron chi connectivity index (χ2n) is 12.3. The minimum Gasteiger partial charge on any atom is -0.507 e. The molecule has 1 aromatic heterocycles. The lowest BCUT2D eigenvalue weighted by Crippen LogP contribution is -2.23. The number of rotatable bonds is 18. The zero-order valence-electron chi connectivity index (χ0n) is 29.9. The van der Waals surface area contributed by atoms with Crippen LogP contribution in [0, 0.1) is 20.8 Å². The van der Waals surface area contributed by atoms with Crippen LogP contribution in [0.15, 0.2) is 54.6 Å². The number of unbranched alkanes of at least 4 members (excludes halogenated alkanes) is 2. The summed E-state index contributed by atoms with van der Waals surface area (Å²) in [4.78, 5) is 14.1. The highest BCUT2D eigenvalue weighted by molar-refractivity contribution is 5.74. The molecule has 2 unspecified atom stereocenters. The van der Waals surface area contributed by atoms with E-state index in [-0.39, 0.29) is 37.1 Å². The number of aromatic nitrogens is 3. The van der Waals surface area contributed by atoms with E-state index in [1.165, 1.54) is 6.07 Å². The molecule has 2 atom stereocenters. The van der Waals surface area contributed by atoms with Gasteiger partial charge in [-0.05, 0) is 75.4 Å². The Morgan fingerprint density at radius 3 is 1.86 bits per heavy atom. The van der Waals surface area contributed by atoms with Crippen molar-refractivity contribution >= 4 is 0 Å². The van der Waals surface area contributed by atoms with Crippen molar-refractivity contribution in [3.8, 4) is 51.4 Å². The maximum atomic E-state index is 10.9. The molecule has 272 valence electrons. The van der Waals surface area contributed by atoms with Crippen molar-refractivity contribution in [2.45, 2.75) is 78.9 Å². The smallest absolute Gasteiger partial charge is 0.167 e. The highest BCUT2D eigenvalue weighted by Gasteiger charge is 2.19. The third-order valence-corrected chi connectivity index (χ3v) is 7.73. The average molecular weight is 692 g/mol. The van der Waals surface area contributed by atoms with E-state index < -0.39 is 12.2 Å². The summed E-state index contributed by atoms with van der Waals surface area (Å²) in [6, 6.07) is 15.8. The molecule has 0 bridgehead atoms. The first-order valence-corrected chi connectivity index (χ1v) is 17.3. The molecule has 4 aromatic rings. The van der Waals surface area contributed by atoms with Gasteiger partial charge < -0.3 is 39.7 Å². The Labute approximate surface area is 295 Å². The van der Waals surface area contributed by atoms with Crippen LogP contribution >= 0.6 is 0 Å². The Bertz CT molecular complexity index is 1590. The molecule has 0 saturated heterocycles. The summed E-state index contributed by atoms with van der Waals surface area (Å²) in [5.74, 6) is 1.34. The third-order valence-electron chi connectivity index (χ3n) is 7.73. The zero-order valence-corrected chi connectivity index (χ0v) is 29.9. The number of ether oxygens (including phenoxy) is 3. The Morgan fingerprint density at radius 1 is 0.660 bits per heavy atom. The van der Waals surface area contributed by atoms with Crippen LogP contribution < -0.4 is 4.74 Å². The number of benzene rings is 3. The molecule has 0 aliphatic heterocycles. The number of para-hydroxylation sites is 1. The lowest BCUT2D eigenvalue weighted by Gasteiger charge is -2.15. The van der Waals surface area contributed by atoms with Gasteiger partial charge in [0.05, 0.1) is 30.4 Å². The molecule has 0 saturated carbocycles. The summed E-state index contributed by atoms with van der Waals surface area (Å²) in [5.41, 5.74) is 4.87. The molecule has 5 N–H and O–H groups in total. The van der Waals surface area contributed by atoms with E-state index in [9.17, 15) is 15.3 Å². The van der Waals surface area contributed by atoms with Crippen molar-refractivity contribution in [2.24, 2.45) is 0 Å². The summed E-state index contributed by atoms with van der Waals surface area (Å²) in [6.07, 6.45) is 3.29. The average Bonchev–Trinajstić information content (AvgIpc) is 3.09. The Kier molecular flexibility index (Phi) is 17.1. The number of hydrogen-bond donors (Lipinski definition) is 5. The lowest BCUT2D eigenvalue weighted by molar-refractivity contribution is 0.0113. The number of hydrogen-bond acceptors (Lipinski definition) is 11. The maximum Gasteiger partial charge on any atom is 0.167 e. The molecule has 11 nitrogen and oxygen atoms in total. The Balaban J connectivity index is 0.000000530. The standard InChI is InChI=1S/C31H35N3O5.C8H18O3/c1-5-6-13-38-17-22(35)18-39-23-11-12-25(27(37)16-23)30-32-29(24-9-7-8-10-26(24)36)33-31(34-30)28-20(3)14-19(2)15-21(28)4;1-2-3-5-11-6-4-8(10)7-9/h7-12,14-16,22,35-37H,5-6,13,17-18H2,1-4H3;8-10H,2-7H2,1H3. The molecule has 0 radical (unpaired) electrons. The van der Waals surface area contributed by atoms with Gasteiger partial charge in [-0.25, -0.2) is 15.0 Å². The van der Waals surface area contributed by atoms with Crippen LogP contribution in [0.2, 0.25) is 0 Å². The fraction of sp³-hybridized carbons (Fsp3) is 0.462. The summed E-state index contributed by atoms with van der Waals surface area (Å²) in [6.45, 7) is 12.2. The van der Waals surface area contributed by atoms with Gasteiger partial charge in [0.2, 0.25) is 0 Å². The van der Waals surface area contributed by atoms with Crippen LogP contribution in [0.25, 0.3) is 34.2 Å². The van der Waals surface area contributed by atoms with Crippen LogP contribution in [0.3, 0.4) is 0 Å². The van der Waals surface area contributed by atoms with Gasteiger partial charge in [-0.15, -0.1) is 0 Å². The van der Waals surface area contributed by atoms with E-state index in [0.29, 0.717) is 48.2 Å². The van der Waals surface area contributed by atoms with Gasteiger partial charge in [0.25, 0.3) is 0 Å². The fourth-order valence-corrected chi connectivity index (χ4v) is 5.08. The van der Waals surface area contributed by atoms with Crippen LogP contribution in [-0.2, 0) is 9.47 Å². The molecule has 11 heteroatoms. The first kappa shape index (κ1) is 40.3. The Hall–Kier alpha value is -4.13. The number of aromatic hydroxyl groups is 2. The minimum atomic E-state index is -0.781. The molecule has 0 aliphatic rings. The molecule has 0 fully saturated rings. The number of phenolic OH excluding ortho intramolecular Hbond substituents is 2. The topological polar surface area (TPSA) is 168 Å². The number of aliphatic hydroxyl groups excluding tert-OH is 3. The monoisotopic (exact) mass is 691 g/mol. The Morgan fingerprint density at radius 2 is 1.26 bits per heavy atom. The van der Waals surface area contributed by atoms with E-state index in [1.807, 2.05) is 20.8 Å². The predicted octanol–water partition coefficient (Wildman–Crippen LogP) is 6.31. The molecule has 0 spiro atoms. The van der Waals surface area contributed by atoms with Crippen LogP contribution in [0.5, 0.6) is 17.2 Å². The molecule has 4 rings (SSSR count). The van der Waals surface area contributed by atoms with Gasteiger partial charge in [-0.2, -0.15) is 0 Å². The second-order valence-corrected chi connectivity index (χ2v) is 12.3. The van der Waals surface area contributed by atoms with Gasteiger partial charge in [0, 0.05) is 31.5 Å². The van der Waals surface area contributed by atoms with Crippen molar-refractivity contribution < 1.29 is 39.7 Å². The second kappa shape index (κ2) is 21.2. The number of aryl methyl sites for hydroxylation is 3. The van der Waals surface area contributed by atoms with E-state index >= 15 is 0 Å². The highest BCUT2D eigenvalue weighted by Crippen LogP contribution is 2.35. The quantitative estimate of drug-likeness (QED) is 0.0742. The minimum absolute atomic E-state index is 0.0320. The first-order chi connectivity index (χ1) is 24.1.